The first-order valence-corrected chi connectivity index (χ1v) is 9.04. The van der Waals surface area contributed by atoms with Crippen LogP contribution in [0.3, 0.4) is 0 Å². The maximum absolute atomic E-state index is 11.9. The molecular weight excluding hydrogens is 467 g/mol. The number of halogens is 1. The zero-order valence-electron chi connectivity index (χ0n) is 15.3. The van der Waals surface area contributed by atoms with Crippen LogP contribution in [-0.4, -0.2) is 40.3 Å². The molecule has 0 bridgehead atoms. The van der Waals surface area contributed by atoms with Crippen LogP contribution in [0, 0.1) is 6.92 Å². The summed E-state index contributed by atoms with van der Waals surface area (Å²) >= 11 is 1.34. The number of carbonyl (C=O) groups excluding carboxylic acids is 1. The molecule has 144 valence electrons. The number of guanidine groups is 1. The standard InChI is InChI=1S/C16H24N6O2S.HI/c1-5-17-16(18-9-12-7-8-19-22-12)21-11(4)14-20-10(3)13(25-14)15(23)24-6-2;/h7-8,11H,5-6,9H2,1-4H3,(H,19,22)(H2,17,18,21);1H. The van der Waals surface area contributed by atoms with Gasteiger partial charge in [0.2, 0.25) is 0 Å². The first-order valence-electron chi connectivity index (χ1n) is 8.22. The van der Waals surface area contributed by atoms with E-state index >= 15 is 0 Å². The van der Waals surface area contributed by atoms with E-state index in [2.05, 4.69) is 30.8 Å². The van der Waals surface area contributed by atoms with E-state index in [-0.39, 0.29) is 36.0 Å². The molecule has 10 heteroatoms. The van der Waals surface area contributed by atoms with Gasteiger partial charge >= 0.3 is 5.97 Å². The highest BCUT2D eigenvalue weighted by Gasteiger charge is 2.20. The quantitative estimate of drug-likeness (QED) is 0.238. The number of nitrogens with one attached hydrogen (secondary N) is 3. The minimum atomic E-state index is -0.323. The number of H-pyrrole nitrogens is 1. The number of carbonyl (C=O) groups is 1. The molecule has 2 aromatic rings. The maximum atomic E-state index is 11.9. The second kappa shape index (κ2) is 11.1. The van der Waals surface area contributed by atoms with Gasteiger partial charge in [0, 0.05) is 12.7 Å². The molecule has 0 amide bonds. The molecule has 0 aliphatic carbocycles. The minimum absolute atomic E-state index is 0. The Morgan fingerprint density at radius 3 is 2.85 bits per heavy atom. The number of nitrogens with zero attached hydrogens (tertiary/aromatic N) is 3. The molecule has 0 fully saturated rings. The average molecular weight is 492 g/mol. The third kappa shape index (κ3) is 6.24. The summed E-state index contributed by atoms with van der Waals surface area (Å²) in [7, 11) is 0. The SMILES string of the molecule is CCNC(=NCc1ccn[nH]1)NC(C)c1nc(C)c(C(=O)OCC)s1.I. The van der Waals surface area contributed by atoms with E-state index in [9.17, 15) is 4.79 Å². The Morgan fingerprint density at radius 2 is 2.23 bits per heavy atom. The Hall–Kier alpha value is -1.69. The minimum Gasteiger partial charge on any atom is -0.462 e. The Bertz CT molecular complexity index is 716. The molecule has 1 unspecified atom stereocenters. The molecule has 2 heterocycles. The van der Waals surface area contributed by atoms with Crippen molar-refractivity contribution >= 4 is 47.2 Å². The molecule has 3 N–H and O–H groups in total. The van der Waals surface area contributed by atoms with E-state index < -0.39 is 0 Å². The average Bonchev–Trinajstić information content (AvgIpc) is 3.22. The van der Waals surface area contributed by atoms with Crippen molar-refractivity contribution in [3.63, 3.8) is 0 Å². The lowest BCUT2D eigenvalue weighted by atomic mass is 10.3. The number of aliphatic imine (C=N–C) groups is 1. The summed E-state index contributed by atoms with van der Waals surface area (Å²) in [6, 6.07) is 1.79. The molecule has 1 atom stereocenters. The molecule has 2 aromatic heterocycles. The van der Waals surface area contributed by atoms with Gasteiger partial charge in [0.05, 0.1) is 30.6 Å². The van der Waals surface area contributed by atoms with Crippen LogP contribution in [0.25, 0.3) is 0 Å². The number of hydrogen-bond acceptors (Lipinski definition) is 6. The highest BCUT2D eigenvalue weighted by Crippen LogP contribution is 2.24. The van der Waals surface area contributed by atoms with Gasteiger partial charge < -0.3 is 15.4 Å². The second-order valence-electron chi connectivity index (χ2n) is 5.33. The monoisotopic (exact) mass is 492 g/mol. The summed E-state index contributed by atoms with van der Waals surface area (Å²) in [5.74, 6) is 0.353. The lowest BCUT2D eigenvalue weighted by Crippen LogP contribution is -2.38. The molecule has 0 saturated carbocycles. The number of hydrogen-bond donors (Lipinski definition) is 3. The van der Waals surface area contributed by atoms with Gasteiger partial charge in [-0.05, 0) is 33.8 Å². The van der Waals surface area contributed by atoms with Crippen molar-refractivity contribution in [1.82, 2.24) is 25.8 Å². The Labute approximate surface area is 174 Å². The van der Waals surface area contributed by atoms with E-state index in [4.69, 9.17) is 4.74 Å². The molecule has 0 spiro atoms. The number of thiazole rings is 1. The summed E-state index contributed by atoms with van der Waals surface area (Å²) in [4.78, 5) is 21.5. The van der Waals surface area contributed by atoms with Crippen molar-refractivity contribution in [2.45, 2.75) is 40.3 Å². The van der Waals surface area contributed by atoms with Gasteiger partial charge in [-0.15, -0.1) is 35.3 Å². The number of aryl methyl sites for hydroxylation is 1. The number of esters is 1. The molecule has 0 saturated heterocycles. The van der Waals surface area contributed by atoms with Crippen molar-refractivity contribution in [3.05, 3.63) is 33.5 Å². The molecule has 0 aliphatic rings. The summed E-state index contributed by atoms with van der Waals surface area (Å²) in [5, 5.41) is 14.1. The summed E-state index contributed by atoms with van der Waals surface area (Å²) in [6.45, 7) is 9.18. The molecule has 0 radical (unpaired) electrons. The summed E-state index contributed by atoms with van der Waals surface area (Å²) in [6.07, 6.45) is 1.70. The van der Waals surface area contributed by atoms with Gasteiger partial charge in [0.25, 0.3) is 0 Å². The van der Waals surface area contributed by atoms with Gasteiger partial charge in [-0.3, -0.25) is 5.10 Å². The highest BCUT2D eigenvalue weighted by atomic mass is 127. The first kappa shape index (κ1) is 22.4. The molecule has 8 nitrogen and oxygen atoms in total. The van der Waals surface area contributed by atoms with Crippen LogP contribution in [0.4, 0.5) is 0 Å². The van der Waals surface area contributed by atoms with Gasteiger partial charge in [-0.25, -0.2) is 14.8 Å². The number of rotatable bonds is 7. The van der Waals surface area contributed by atoms with E-state index in [1.807, 2.05) is 26.8 Å². The zero-order valence-corrected chi connectivity index (χ0v) is 18.5. The first-order chi connectivity index (χ1) is 12.0. The fourth-order valence-corrected chi connectivity index (χ4v) is 3.08. The number of aromatic amines is 1. The Kier molecular flexibility index (Phi) is 9.55. The van der Waals surface area contributed by atoms with Crippen molar-refractivity contribution < 1.29 is 9.53 Å². The number of ether oxygens (including phenoxy) is 1. The Morgan fingerprint density at radius 1 is 1.46 bits per heavy atom. The van der Waals surface area contributed by atoms with Crippen LogP contribution >= 0.6 is 35.3 Å². The topological polar surface area (TPSA) is 104 Å². The largest absolute Gasteiger partial charge is 0.462 e. The van der Waals surface area contributed by atoms with Crippen molar-refractivity contribution in [2.24, 2.45) is 4.99 Å². The van der Waals surface area contributed by atoms with Crippen LogP contribution in [0.15, 0.2) is 17.3 Å². The lowest BCUT2D eigenvalue weighted by molar-refractivity contribution is 0.0531. The van der Waals surface area contributed by atoms with E-state index in [0.717, 1.165) is 17.2 Å². The van der Waals surface area contributed by atoms with E-state index in [1.54, 1.807) is 13.1 Å². The van der Waals surface area contributed by atoms with Gasteiger partial charge in [0.15, 0.2) is 5.96 Å². The molecule has 26 heavy (non-hydrogen) atoms. The van der Waals surface area contributed by atoms with Crippen molar-refractivity contribution in [2.75, 3.05) is 13.2 Å². The second-order valence-corrected chi connectivity index (χ2v) is 6.36. The predicted molar refractivity (Wildman–Crippen MR) is 113 cm³/mol. The molecule has 0 aliphatic heterocycles. The fourth-order valence-electron chi connectivity index (χ4n) is 2.11. The van der Waals surface area contributed by atoms with Gasteiger partial charge in [-0.1, -0.05) is 0 Å². The molecule has 2 rings (SSSR count). The summed E-state index contributed by atoms with van der Waals surface area (Å²) < 4.78 is 5.07. The van der Waals surface area contributed by atoms with Gasteiger partial charge in [0.1, 0.15) is 9.88 Å². The molecular formula is C16H25IN6O2S. The van der Waals surface area contributed by atoms with Crippen LogP contribution < -0.4 is 10.6 Å². The normalized spacial score (nSPS) is 12.2. The van der Waals surface area contributed by atoms with Crippen molar-refractivity contribution in [1.29, 1.82) is 0 Å². The predicted octanol–water partition coefficient (Wildman–Crippen LogP) is 2.79. The lowest BCUT2D eigenvalue weighted by Gasteiger charge is -2.15. The fraction of sp³-hybridized carbons (Fsp3) is 0.500. The third-order valence-corrected chi connectivity index (χ3v) is 4.63. The van der Waals surface area contributed by atoms with Crippen LogP contribution in [0.1, 0.15) is 52.9 Å². The van der Waals surface area contributed by atoms with Crippen molar-refractivity contribution in [3.8, 4) is 0 Å². The smallest absolute Gasteiger partial charge is 0.350 e. The van der Waals surface area contributed by atoms with E-state index in [0.29, 0.717) is 29.7 Å². The summed E-state index contributed by atoms with van der Waals surface area (Å²) in [5.41, 5.74) is 1.62. The third-order valence-electron chi connectivity index (χ3n) is 3.31. The molecule has 0 aromatic carbocycles. The highest BCUT2D eigenvalue weighted by molar-refractivity contribution is 14.0. The van der Waals surface area contributed by atoms with E-state index in [1.165, 1.54) is 11.3 Å². The van der Waals surface area contributed by atoms with Crippen LogP contribution in [0.5, 0.6) is 0 Å². The van der Waals surface area contributed by atoms with Gasteiger partial charge in [-0.2, -0.15) is 5.10 Å². The number of aromatic nitrogens is 3. The zero-order chi connectivity index (χ0) is 18.2. The Balaban J connectivity index is 0.00000338. The van der Waals surface area contributed by atoms with Crippen LogP contribution in [-0.2, 0) is 11.3 Å². The van der Waals surface area contributed by atoms with Crippen LogP contribution in [0.2, 0.25) is 0 Å². The maximum Gasteiger partial charge on any atom is 0.350 e.